The average molecular weight is 224 g/mol. The monoisotopic (exact) mass is 224 g/mol. The maximum Gasteiger partial charge on any atom is 0.138 e. The van der Waals surface area contributed by atoms with E-state index in [1.165, 1.54) is 12.0 Å². The molecule has 1 unspecified atom stereocenters. The number of ketones is 1. The van der Waals surface area contributed by atoms with Crippen LogP contribution in [0.15, 0.2) is 12.2 Å². The molecule has 0 amide bonds. The van der Waals surface area contributed by atoms with Gasteiger partial charge in [-0.2, -0.15) is 0 Å². The van der Waals surface area contributed by atoms with Crippen LogP contribution in [0, 0.1) is 11.3 Å². The quantitative estimate of drug-likeness (QED) is 0.429. The molecule has 0 aliphatic carbocycles. The number of carbonyl (C=O) groups excluding carboxylic acids is 1. The zero-order valence-corrected chi connectivity index (χ0v) is 11.7. The molecule has 0 heterocycles. The molecule has 0 saturated heterocycles. The first-order chi connectivity index (χ1) is 7.32. The standard InChI is InChI=1S/C15H28O/c1-7-8-9-10-14(16)15(5,6)13(4)11-12(2)3/h13H,2,7-11H2,1,3-6H3. The fraction of sp³-hybridized carbons (Fsp3) is 0.800. The third-order valence-corrected chi connectivity index (χ3v) is 3.61. The van der Waals surface area contributed by atoms with Gasteiger partial charge in [0.25, 0.3) is 0 Å². The van der Waals surface area contributed by atoms with Crippen LogP contribution < -0.4 is 0 Å². The molecule has 0 spiro atoms. The lowest BCUT2D eigenvalue weighted by molar-refractivity contribution is -0.129. The summed E-state index contributed by atoms with van der Waals surface area (Å²) in [6.45, 7) is 14.4. The SMILES string of the molecule is C=C(C)CC(C)C(C)(C)C(=O)CCCCC. The molecule has 0 bridgehead atoms. The molecule has 0 radical (unpaired) electrons. The summed E-state index contributed by atoms with van der Waals surface area (Å²) >= 11 is 0. The van der Waals surface area contributed by atoms with E-state index in [-0.39, 0.29) is 5.41 Å². The third-order valence-electron chi connectivity index (χ3n) is 3.61. The second-order valence-corrected chi connectivity index (χ2v) is 5.66. The van der Waals surface area contributed by atoms with Crippen LogP contribution >= 0.6 is 0 Å². The zero-order chi connectivity index (χ0) is 12.8. The summed E-state index contributed by atoms with van der Waals surface area (Å²) in [5.41, 5.74) is 0.967. The second kappa shape index (κ2) is 6.88. The van der Waals surface area contributed by atoms with Gasteiger partial charge in [-0.25, -0.2) is 0 Å². The zero-order valence-electron chi connectivity index (χ0n) is 11.7. The molecule has 0 rings (SSSR count). The fourth-order valence-electron chi connectivity index (χ4n) is 1.91. The van der Waals surface area contributed by atoms with Gasteiger partial charge in [0.2, 0.25) is 0 Å². The Morgan fingerprint density at radius 1 is 1.31 bits per heavy atom. The van der Waals surface area contributed by atoms with Crippen molar-refractivity contribution in [3.05, 3.63) is 12.2 Å². The van der Waals surface area contributed by atoms with Crippen molar-refractivity contribution in [1.29, 1.82) is 0 Å². The maximum atomic E-state index is 12.1. The Labute approximate surface area is 101 Å². The average Bonchev–Trinajstić information content (AvgIpc) is 2.16. The summed E-state index contributed by atoms with van der Waals surface area (Å²) in [7, 11) is 0. The smallest absolute Gasteiger partial charge is 0.138 e. The van der Waals surface area contributed by atoms with E-state index in [1.807, 2.05) is 6.92 Å². The number of unbranched alkanes of at least 4 members (excludes halogenated alkanes) is 2. The van der Waals surface area contributed by atoms with Crippen LogP contribution in [0.4, 0.5) is 0 Å². The van der Waals surface area contributed by atoms with Crippen LogP contribution in [0.3, 0.4) is 0 Å². The van der Waals surface area contributed by atoms with Crippen LogP contribution in [0.25, 0.3) is 0 Å². The number of hydrogen-bond donors (Lipinski definition) is 0. The molecule has 16 heavy (non-hydrogen) atoms. The molecule has 1 atom stereocenters. The highest BCUT2D eigenvalue weighted by atomic mass is 16.1. The molecule has 0 aromatic rings. The van der Waals surface area contributed by atoms with Gasteiger partial charge in [0.15, 0.2) is 0 Å². The summed E-state index contributed by atoms with van der Waals surface area (Å²) in [5, 5.41) is 0. The van der Waals surface area contributed by atoms with E-state index in [0.717, 1.165) is 25.7 Å². The lowest BCUT2D eigenvalue weighted by Gasteiger charge is -2.30. The van der Waals surface area contributed by atoms with Crippen molar-refractivity contribution in [1.82, 2.24) is 0 Å². The largest absolute Gasteiger partial charge is 0.299 e. The predicted octanol–water partition coefficient (Wildman–Crippen LogP) is 4.76. The van der Waals surface area contributed by atoms with E-state index >= 15 is 0 Å². The van der Waals surface area contributed by atoms with Gasteiger partial charge in [0.1, 0.15) is 5.78 Å². The lowest BCUT2D eigenvalue weighted by Crippen LogP contribution is -2.31. The molecule has 1 heteroatoms. The van der Waals surface area contributed by atoms with E-state index in [0.29, 0.717) is 11.7 Å². The van der Waals surface area contributed by atoms with Crippen LogP contribution in [0.1, 0.15) is 66.7 Å². The molecule has 0 aliphatic heterocycles. The molecule has 0 N–H and O–H groups in total. The number of Topliss-reactive ketones (excluding diaryl/α,β-unsaturated/α-hetero) is 1. The molecule has 0 fully saturated rings. The van der Waals surface area contributed by atoms with Crippen molar-refractivity contribution in [2.75, 3.05) is 0 Å². The lowest BCUT2D eigenvalue weighted by atomic mass is 9.72. The summed E-state index contributed by atoms with van der Waals surface area (Å²) < 4.78 is 0. The predicted molar refractivity (Wildman–Crippen MR) is 71.5 cm³/mol. The van der Waals surface area contributed by atoms with Crippen LogP contribution in [-0.2, 0) is 4.79 Å². The van der Waals surface area contributed by atoms with Crippen molar-refractivity contribution in [2.45, 2.75) is 66.7 Å². The van der Waals surface area contributed by atoms with Crippen molar-refractivity contribution in [2.24, 2.45) is 11.3 Å². The molecular weight excluding hydrogens is 196 g/mol. The van der Waals surface area contributed by atoms with Crippen molar-refractivity contribution in [3.63, 3.8) is 0 Å². The minimum Gasteiger partial charge on any atom is -0.299 e. The van der Waals surface area contributed by atoms with E-state index < -0.39 is 0 Å². The number of hydrogen-bond acceptors (Lipinski definition) is 1. The Morgan fingerprint density at radius 2 is 1.88 bits per heavy atom. The molecule has 0 saturated carbocycles. The van der Waals surface area contributed by atoms with Gasteiger partial charge in [-0.3, -0.25) is 4.79 Å². The Hall–Kier alpha value is -0.590. The van der Waals surface area contributed by atoms with Gasteiger partial charge in [0.05, 0.1) is 0 Å². The first-order valence-electron chi connectivity index (χ1n) is 6.50. The van der Waals surface area contributed by atoms with Crippen molar-refractivity contribution >= 4 is 5.78 Å². The maximum absolute atomic E-state index is 12.1. The molecule has 0 aromatic carbocycles. The molecule has 0 aliphatic rings. The highest BCUT2D eigenvalue weighted by Crippen LogP contribution is 2.33. The van der Waals surface area contributed by atoms with Crippen LogP contribution in [0.2, 0.25) is 0 Å². The first kappa shape index (κ1) is 15.4. The summed E-state index contributed by atoms with van der Waals surface area (Å²) in [4.78, 5) is 12.1. The second-order valence-electron chi connectivity index (χ2n) is 5.66. The topological polar surface area (TPSA) is 17.1 Å². The minimum atomic E-state index is -0.202. The van der Waals surface area contributed by atoms with E-state index in [1.54, 1.807) is 0 Å². The summed E-state index contributed by atoms with van der Waals surface area (Å²) in [5.74, 6) is 0.800. The normalized spacial score (nSPS) is 13.6. The van der Waals surface area contributed by atoms with Gasteiger partial charge in [0, 0.05) is 11.8 Å². The highest BCUT2D eigenvalue weighted by molar-refractivity contribution is 5.84. The van der Waals surface area contributed by atoms with Crippen LogP contribution in [0.5, 0.6) is 0 Å². The summed E-state index contributed by atoms with van der Waals surface area (Å²) in [6.07, 6.45) is 5.07. The van der Waals surface area contributed by atoms with E-state index in [9.17, 15) is 4.79 Å². The molecule has 1 nitrogen and oxygen atoms in total. The Bertz CT molecular complexity index is 238. The fourth-order valence-corrected chi connectivity index (χ4v) is 1.91. The first-order valence-corrected chi connectivity index (χ1v) is 6.50. The van der Waals surface area contributed by atoms with Crippen molar-refractivity contribution < 1.29 is 4.79 Å². The van der Waals surface area contributed by atoms with Gasteiger partial charge in [-0.15, -0.1) is 6.58 Å². The number of carbonyl (C=O) groups is 1. The molecular formula is C15H28O. The highest BCUT2D eigenvalue weighted by Gasteiger charge is 2.32. The Balaban J connectivity index is 4.28. The van der Waals surface area contributed by atoms with Gasteiger partial charge >= 0.3 is 0 Å². The van der Waals surface area contributed by atoms with Gasteiger partial charge in [-0.05, 0) is 25.7 Å². The van der Waals surface area contributed by atoms with Crippen LogP contribution in [-0.4, -0.2) is 5.78 Å². The van der Waals surface area contributed by atoms with Gasteiger partial charge < -0.3 is 0 Å². The molecule has 0 aromatic heterocycles. The van der Waals surface area contributed by atoms with E-state index in [4.69, 9.17) is 0 Å². The Kier molecular flexibility index (Phi) is 6.62. The van der Waals surface area contributed by atoms with E-state index in [2.05, 4.69) is 34.3 Å². The third kappa shape index (κ3) is 4.96. The minimum absolute atomic E-state index is 0.202. The number of allylic oxidation sites excluding steroid dienone is 1. The summed E-state index contributed by atoms with van der Waals surface area (Å²) in [6, 6.07) is 0. The Morgan fingerprint density at radius 3 is 2.31 bits per heavy atom. The van der Waals surface area contributed by atoms with Crippen molar-refractivity contribution in [3.8, 4) is 0 Å². The van der Waals surface area contributed by atoms with Gasteiger partial charge in [-0.1, -0.05) is 46.1 Å². The number of rotatable bonds is 8. The molecule has 94 valence electrons.